The molecule has 178 valence electrons. The van der Waals surface area contributed by atoms with Crippen LogP contribution in [-0.2, 0) is 20.9 Å². The highest BCUT2D eigenvalue weighted by Gasteiger charge is 2.28. The second-order valence-corrected chi connectivity index (χ2v) is 8.72. The summed E-state index contributed by atoms with van der Waals surface area (Å²) in [5.41, 5.74) is 4.26. The highest BCUT2D eigenvalue weighted by atomic mass is 19.1. The van der Waals surface area contributed by atoms with Gasteiger partial charge in [0.25, 0.3) is 0 Å². The number of carbonyl (C=O) groups excluding carboxylic acids is 1. The Morgan fingerprint density at radius 1 is 1.06 bits per heavy atom. The summed E-state index contributed by atoms with van der Waals surface area (Å²) in [4.78, 5) is 28.9. The largest absolute Gasteiger partial charge is 0.481 e. The topological polar surface area (TPSA) is 96.7 Å². The van der Waals surface area contributed by atoms with Crippen LogP contribution in [0.25, 0.3) is 16.7 Å². The van der Waals surface area contributed by atoms with Crippen LogP contribution in [0.2, 0.25) is 0 Å². The molecule has 2 rings (SSSR count). The first-order valence-corrected chi connectivity index (χ1v) is 10.9. The van der Waals surface area contributed by atoms with Crippen LogP contribution < -0.4 is 0 Å². The van der Waals surface area contributed by atoms with Crippen molar-refractivity contribution in [3.8, 4) is 11.1 Å². The summed E-state index contributed by atoms with van der Waals surface area (Å²) in [6.07, 6.45) is -2.25. The predicted octanol–water partition coefficient (Wildman–Crippen LogP) is 5.09. The van der Waals surface area contributed by atoms with E-state index in [4.69, 9.17) is 14.8 Å². The number of pyridine rings is 1. The monoisotopic (exact) mass is 457 g/mol. The molecule has 33 heavy (non-hydrogen) atoms. The van der Waals surface area contributed by atoms with Gasteiger partial charge in [-0.15, -0.1) is 0 Å². The fourth-order valence-electron chi connectivity index (χ4n) is 3.84. The van der Waals surface area contributed by atoms with Crippen LogP contribution in [-0.4, -0.2) is 40.2 Å². The lowest BCUT2D eigenvalue weighted by molar-refractivity contribution is -0.139. The molecule has 1 atom stereocenters. The lowest BCUT2D eigenvalue weighted by Gasteiger charge is -2.25. The highest BCUT2D eigenvalue weighted by molar-refractivity contribution is 6.22. The molecule has 6 nitrogen and oxygen atoms in total. The molecule has 0 saturated carbocycles. The zero-order valence-electron chi connectivity index (χ0n) is 19.8. The van der Waals surface area contributed by atoms with Gasteiger partial charge >= 0.3 is 5.97 Å². The van der Waals surface area contributed by atoms with Gasteiger partial charge in [-0.1, -0.05) is 46.4 Å². The van der Waals surface area contributed by atoms with Crippen molar-refractivity contribution in [2.75, 3.05) is 7.11 Å². The first kappa shape index (κ1) is 26.4. The van der Waals surface area contributed by atoms with E-state index >= 15 is 0 Å². The third kappa shape index (κ3) is 6.33. The smallest absolute Gasteiger partial charge is 0.305 e. The van der Waals surface area contributed by atoms with Gasteiger partial charge in [0, 0.05) is 35.9 Å². The van der Waals surface area contributed by atoms with Gasteiger partial charge in [-0.25, -0.2) is 4.39 Å². The highest BCUT2D eigenvalue weighted by Crippen LogP contribution is 2.40. The van der Waals surface area contributed by atoms with Crippen molar-refractivity contribution in [1.82, 2.24) is 4.98 Å². The fraction of sp³-hybridized carbons (Fsp3) is 0.423. The number of allylic oxidation sites excluding steroid dienone is 1. The summed E-state index contributed by atoms with van der Waals surface area (Å²) in [6.45, 7) is 12.2. The molecule has 0 aliphatic carbocycles. The molecule has 2 N–H and O–H groups in total. The van der Waals surface area contributed by atoms with Crippen LogP contribution in [0, 0.1) is 5.82 Å². The molecule has 0 aliphatic heterocycles. The number of halogens is 1. The van der Waals surface area contributed by atoms with Crippen molar-refractivity contribution in [1.29, 1.82) is 0 Å². The van der Waals surface area contributed by atoms with Crippen molar-refractivity contribution in [3.05, 3.63) is 59.2 Å². The maximum absolute atomic E-state index is 13.7. The molecule has 1 unspecified atom stereocenters. The number of rotatable bonds is 11. The van der Waals surface area contributed by atoms with E-state index in [1.54, 1.807) is 19.2 Å². The van der Waals surface area contributed by atoms with Crippen LogP contribution in [0.15, 0.2) is 30.8 Å². The molecule has 0 amide bonds. The van der Waals surface area contributed by atoms with Crippen molar-refractivity contribution in [2.45, 2.75) is 65.1 Å². The van der Waals surface area contributed by atoms with E-state index in [0.717, 1.165) is 11.3 Å². The lowest BCUT2D eigenvalue weighted by atomic mass is 9.83. The van der Waals surface area contributed by atoms with Crippen LogP contribution in [0.4, 0.5) is 4.39 Å². The average molecular weight is 458 g/mol. The minimum absolute atomic E-state index is 0.0576. The number of ketones is 1. The number of hydrogen-bond acceptors (Lipinski definition) is 5. The van der Waals surface area contributed by atoms with E-state index in [-0.39, 0.29) is 36.3 Å². The number of benzene rings is 1. The molecule has 7 heteroatoms. The van der Waals surface area contributed by atoms with Gasteiger partial charge in [0.1, 0.15) is 5.82 Å². The summed E-state index contributed by atoms with van der Waals surface area (Å²) < 4.78 is 19.2. The number of methoxy groups -OCH3 is 1. The van der Waals surface area contributed by atoms with E-state index in [1.807, 2.05) is 27.7 Å². The Hall–Kier alpha value is -2.90. The summed E-state index contributed by atoms with van der Waals surface area (Å²) in [6, 6.07) is 5.97. The maximum atomic E-state index is 13.7. The Bertz CT molecular complexity index is 1030. The Morgan fingerprint density at radius 2 is 1.64 bits per heavy atom. The molecule has 1 aromatic heterocycles. The Balaban J connectivity index is 2.81. The van der Waals surface area contributed by atoms with Crippen LogP contribution in [0.5, 0.6) is 0 Å². The maximum Gasteiger partial charge on any atom is 0.305 e. The standard InChI is InChI=1S/C26H32FNO5/c1-14(2)25-20(13-33-6)24(17-7-9-18(27)10-8-17)23(26(28-25)15(3)4)16(5)21(30)11-19(29)12-22(31)32/h7-10,14-15,19,29H,5,11-13H2,1-4,6H3,(H,31,32). The number of aliphatic carboxylic acids is 1. The molecule has 0 saturated heterocycles. The third-order valence-corrected chi connectivity index (χ3v) is 5.34. The quantitative estimate of drug-likeness (QED) is 0.456. The van der Waals surface area contributed by atoms with Crippen molar-refractivity contribution >= 4 is 17.3 Å². The number of Topliss-reactive ketones (excluding diaryl/α,β-unsaturated/α-hetero) is 1. The van der Waals surface area contributed by atoms with E-state index in [0.29, 0.717) is 22.4 Å². The van der Waals surface area contributed by atoms with Gasteiger partial charge in [-0.05, 0) is 35.1 Å². The molecule has 0 bridgehead atoms. The number of aliphatic hydroxyl groups excluding tert-OH is 1. The molecule has 1 heterocycles. The summed E-state index contributed by atoms with van der Waals surface area (Å²) in [7, 11) is 1.57. The van der Waals surface area contributed by atoms with Crippen LogP contribution >= 0.6 is 0 Å². The number of aromatic nitrogens is 1. The number of hydrogen-bond donors (Lipinski definition) is 2. The van der Waals surface area contributed by atoms with Gasteiger partial charge in [-0.2, -0.15) is 0 Å². The summed E-state index contributed by atoms with van der Waals surface area (Å²) in [5.74, 6) is -2.07. The Labute approximate surface area is 194 Å². The molecular weight excluding hydrogens is 425 g/mol. The molecular formula is C26H32FNO5. The van der Waals surface area contributed by atoms with Gasteiger partial charge in [0.2, 0.25) is 0 Å². The molecule has 0 fully saturated rings. The first-order chi connectivity index (χ1) is 15.5. The van der Waals surface area contributed by atoms with Gasteiger partial charge in [0.15, 0.2) is 5.78 Å². The number of carboxylic acid groups (broad SMARTS) is 1. The van der Waals surface area contributed by atoms with Crippen LogP contribution in [0.3, 0.4) is 0 Å². The minimum atomic E-state index is -1.33. The minimum Gasteiger partial charge on any atom is -0.481 e. The lowest BCUT2D eigenvalue weighted by Crippen LogP contribution is -2.20. The summed E-state index contributed by atoms with van der Waals surface area (Å²) in [5, 5.41) is 18.9. The second-order valence-electron chi connectivity index (χ2n) is 8.72. The zero-order chi connectivity index (χ0) is 24.9. The summed E-state index contributed by atoms with van der Waals surface area (Å²) >= 11 is 0. The molecule has 2 aromatic rings. The van der Waals surface area contributed by atoms with Gasteiger partial charge < -0.3 is 14.9 Å². The molecule has 0 spiro atoms. The number of carboxylic acids is 1. The van der Waals surface area contributed by atoms with Gasteiger partial charge in [-0.3, -0.25) is 14.6 Å². The van der Waals surface area contributed by atoms with E-state index in [1.165, 1.54) is 12.1 Å². The number of nitrogens with zero attached hydrogens (tertiary/aromatic N) is 1. The first-order valence-electron chi connectivity index (χ1n) is 10.9. The predicted molar refractivity (Wildman–Crippen MR) is 125 cm³/mol. The third-order valence-electron chi connectivity index (χ3n) is 5.34. The normalized spacial score (nSPS) is 12.3. The van der Waals surface area contributed by atoms with Crippen molar-refractivity contribution < 1.29 is 28.9 Å². The molecule has 0 aliphatic rings. The van der Waals surface area contributed by atoms with E-state index < -0.39 is 24.3 Å². The SMILES string of the molecule is C=C(C(=O)CC(O)CC(=O)O)c1c(C(C)C)nc(C(C)C)c(COC)c1-c1ccc(F)cc1. The molecule has 1 aromatic carbocycles. The Kier molecular flexibility index (Phi) is 9.02. The van der Waals surface area contributed by atoms with E-state index in [9.17, 15) is 19.1 Å². The average Bonchev–Trinajstić information content (AvgIpc) is 2.72. The van der Waals surface area contributed by atoms with Crippen LogP contribution in [0.1, 0.15) is 74.9 Å². The second kappa shape index (κ2) is 11.3. The fourth-order valence-corrected chi connectivity index (χ4v) is 3.84. The van der Waals surface area contributed by atoms with E-state index in [2.05, 4.69) is 6.58 Å². The number of aliphatic hydroxyl groups is 1. The number of carbonyl (C=O) groups is 2. The van der Waals surface area contributed by atoms with Crippen molar-refractivity contribution in [2.24, 2.45) is 0 Å². The van der Waals surface area contributed by atoms with Gasteiger partial charge in [0.05, 0.1) is 24.8 Å². The Morgan fingerprint density at radius 3 is 2.12 bits per heavy atom. The molecule has 0 radical (unpaired) electrons. The zero-order valence-corrected chi connectivity index (χ0v) is 19.8. The number of ether oxygens (including phenoxy) is 1. The van der Waals surface area contributed by atoms with Crippen molar-refractivity contribution in [3.63, 3.8) is 0 Å².